The van der Waals surface area contributed by atoms with Gasteiger partial charge in [0.15, 0.2) is 0 Å². The van der Waals surface area contributed by atoms with Crippen molar-refractivity contribution in [3.8, 4) is 0 Å². The minimum atomic E-state index is -0.811. The van der Waals surface area contributed by atoms with Gasteiger partial charge in [0.2, 0.25) is 5.96 Å². The Bertz CT molecular complexity index is 316. The number of hydrogen-bond acceptors (Lipinski definition) is 4. The van der Waals surface area contributed by atoms with Crippen LogP contribution in [0.1, 0.15) is 40.0 Å². The van der Waals surface area contributed by atoms with Gasteiger partial charge in [0, 0.05) is 19.0 Å². The molecule has 0 spiro atoms. The van der Waals surface area contributed by atoms with Crippen LogP contribution in [0.15, 0.2) is 4.99 Å². The lowest BCUT2D eigenvalue weighted by Gasteiger charge is -2.13. The van der Waals surface area contributed by atoms with E-state index in [4.69, 9.17) is 9.84 Å². The molecule has 0 rings (SSSR count). The second-order valence-corrected chi connectivity index (χ2v) is 4.23. The first-order valence-corrected chi connectivity index (χ1v) is 6.42. The summed E-state index contributed by atoms with van der Waals surface area (Å²) in [5.41, 5.74) is 0. The lowest BCUT2D eigenvalue weighted by atomic mass is 10.2. The molecule has 0 heterocycles. The number of alkyl carbamates (subject to hydrolysis) is 1. The van der Waals surface area contributed by atoms with Gasteiger partial charge in [0.1, 0.15) is 0 Å². The van der Waals surface area contributed by atoms with Gasteiger partial charge >= 0.3 is 12.1 Å². The molecular formula is C12H23N3O4. The van der Waals surface area contributed by atoms with E-state index in [0.717, 1.165) is 0 Å². The number of nitrogens with zero attached hydrogens (tertiary/aromatic N) is 1. The Balaban J connectivity index is 4.16. The molecule has 0 aromatic heterocycles. The number of guanidine groups is 1. The van der Waals surface area contributed by atoms with Gasteiger partial charge in [0.05, 0.1) is 6.61 Å². The molecule has 19 heavy (non-hydrogen) atoms. The maximum atomic E-state index is 11.3. The predicted molar refractivity (Wildman–Crippen MR) is 72.2 cm³/mol. The predicted octanol–water partition coefficient (Wildman–Crippen LogP) is 1.34. The Hall–Kier alpha value is -1.79. The zero-order valence-corrected chi connectivity index (χ0v) is 11.7. The summed E-state index contributed by atoms with van der Waals surface area (Å²) in [6, 6.07) is 0.125. The van der Waals surface area contributed by atoms with Crippen LogP contribution in [-0.2, 0) is 9.53 Å². The highest BCUT2D eigenvalue weighted by Gasteiger charge is 2.07. The van der Waals surface area contributed by atoms with E-state index in [9.17, 15) is 9.59 Å². The smallest absolute Gasteiger partial charge is 0.413 e. The molecule has 1 amide bonds. The van der Waals surface area contributed by atoms with Crippen molar-refractivity contribution in [3.05, 3.63) is 0 Å². The fourth-order valence-electron chi connectivity index (χ4n) is 1.24. The lowest BCUT2D eigenvalue weighted by molar-refractivity contribution is -0.137. The highest BCUT2D eigenvalue weighted by Crippen LogP contribution is 1.95. The molecule has 0 aromatic carbocycles. The van der Waals surface area contributed by atoms with Crippen molar-refractivity contribution in [2.45, 2.75) is 46.1 Å². The van der Waals surface area contributed by atoms with Crippen molar-refractivity contribution in [1.29, 1.82) is 0 Å². The summed E-state index contributed by atoms with van der Waals surface area (Å²) < 4.78 is 4.76. The van der Waals surface area contributed by atoms with E-state index in [1.54, 1.807) is 6.92 Å². The maximum absolute atomic E-state index is 11.3. The molecule has 0 atom stereocenters. The van der Waals surface area contributed by atoms with Crippen LogP contribution in [0.4, 0.5) is 4.79 Å². The number of aliphatic imine (C=N–C) groups is 1. The van der Waals surface area contributed by atoms with Crippen molar-refractivity contribution in [2.75, 3.05) is 13.2 Å². The Morgan fingerprint density at radius 2 is 2.00 bits per heavy atom. The van der Waals surface area contributed by atoms with Crippen molar-refractivity contribution in [2.24, 2.45) is 4.99 Å². The number of nitrogens with one attached hydrogen (secondary N) is 2. The number of amides is 1. The number of hydrogen-bond donors (Lipinski definition) is 3. The molecule has 110 valence electrons. The van der Waals surface area contributed by atoms with E-state index in [-0.39, 0.29) is 12.5 Å². The molecule has 0 fully saturated rings. The zero-order chi connectivity index (χ0) is 14.7. The number of rotatable bonds is 7. The van der Waals surface area contributed by atoms with Gasteiger partial charge in [-0.15, -0.1) is 0 Å². The molecule has 0 saturated carbocycles. The van der Waals surface area contributed by atoms with E-state index >= 15 is 0 Å². The number of carbonyl (C=O) groups is 2. The van der Waals surface area contributed by atoms with Crippen LogP contribution < -0.4 is 10.6 Å². The molecule has 0 aliphatic heterocycles. The van der Waals surface area contributed by atoms with Gasteiger partial charge in [-0.05, 0) is 33.6 Å². The Morgan fingerprint density at radius 1 is 1.32 bits per heavy atom. The van der Waals surface area contributed by atoms with Gasteiger partial charge in [-0.25, -0.2) is 4.79 Å². The molecule has 0 aliphatic rings. The Labute approximate surface area is 113 Å². The molecule has 7 nitrogen and oxygen atoms in total. The van der Waals surface area contributed by atoms with Crippen LogP contribution in [0.25, 0.3) is 0 Å². The van der Waals surface area contributed by atoms with Crippen LogP contribution in [0, 0.1) is 0 Å². The molecule has 3 N–H and O–H groups in total. The van der Waals surface area contributed by atoms with Crippen LogP contribution in [0.3, 0.4) is 0 Å². The molecule has 0 saturated heterocycles. The van der Waals surface area contributed by atoms with Crippen LogP contribution in [-0.4, -0.2) is 42.3 Å². The summed E-state index contributed by atoms with van der Waals surface area (Å²) in [5, 5.41) is 14.0. The van der Waals surface area contributed by atoms with Gasteiger partial charge in [-0.1, -0.05) is 0 Å². The molecule has 7 heteroatoms. The molecule has 0 aliphatic carbocycles. The van der Waals surface area contributed by atoms with Gasteiger partial charge in [-0.2, -0.15) is 0 Å². The first-order chi connectivity index (χ1) is 8.95. The summed E-state index contributed by atoms with van der Waals surface area (Å²) in [4.78, 5) is 25.8. The van der Waals surface area contributed by atoms with Gasteiger partial charge in [-0.3, -0.25) is 15.1 Å². The number of aliphatic carboxylic acids is 1. The van der Waals surface area contributed by atoms with Crippen LogP contribution in [0.5, 0.6) is 0 Å². The fourth-order valence-corrected chi connectivity index (χ4v) is 1.24. The number of carboxylic acid groups (broad SMARTS) is 1. The van der Waals surface area contributed by atoms with E-state index < -0.39 is 12.1 Å². The number of carbonyl (C=O) groups excluding carboxylic acids is 1. The average Bonchev–Trinajstić information content (AvgIpc) is 2.27. The number of carboxylic acids is 1. The highest BCUT2D eigenvalue weighted by atomic mass is 16.5. The van der Waals surface area contributed by atoms with Crippen molar-refractivity contribution in [1.82, 2.24) is 10.6 Å². The monoisotopic (exact) mass is 273 g/mol. The highest BCUT2D eigenvalue weighted by molar-refractivity contribution is 5.94. The minimum Gasteiger partial charge on any atom is -0.481 e. The first kappa shape index (κ1) is 17.2. The Morgan fingerprint density at radius 3 is 2.53 bits per heavy atom. The lowest BCUT2D eigenvalue weighted by Crippen LogP contribution is -2.44. The molecule has 0 aromatic rings. The standard InChI is InChI=1S/C12H23N3O4/c1-4-19-12(18)15-11(14-9(2)3)13-8-6-5-7-10(16)17/h9H,4-8H2,1-3H3,(H,16,17)(H2,13,14,15,18). The van der Waals surface area contributed by atoms with Gasteiger partial charge in [0.25, 0.3) is 0 Å². The number of ether oxygens (including phenoxy) is 1. The SMILES string of the molecule is CCOC(=O)NC(=NCCCCC(=O)O)NC(C)C. The fraction of sp³-hybridized carbons (Fsp3) is 0.750. The summed E-state index contributed by atoms with van der Waals surface area (Å²) in [6.07, 6.45) is 0.793. The molecule has 0 unspecified atom stereocenters. The summed E-state index contributed by atoms with van der Waals surface area (Å²) in [6.45, 7) is 6.31. The number of unbranched alkanes of at least 4 members (excludes halogenated alkanes) is 1. The van der Waals surface area contributed by atoms with E-state index in [1.807, 2.05) is 13.8 Å². The minimum absolute atomic E-state index is 0.125. The van der Waals surface area contributed by atoms with E-state index in [1.165, 1.54) is 0 Å². The summed E-state index contributed by atoms with van der Waals surface area (Å²) in [7, 11) is 0. The molecule has 0 radical (unpaired) electrons. The van der Waals surface area contributed by atoms with E-state index in [2.05, 4.69) is 15.6 Å². The van der Waals surface area contributed by atoms with Gasteiger partial charge < -0.3 is 15.2 Å². The van der Waals surface area contributed by atoms with Crippen molar-refractivity contribution < 1.29 is 19.4 Å². The van der Waals surface area contributed by atoms with Crippen molar-refractivity contribution >= 4 is 18.0 Å². The van der Waals surface area contributed by atoms with Crippen molar-refractivity contribution in [3.63, 3.8) is 0 Å². The quantitative estimate of drug-likeness (QED) is 0.369. The largest absolute Gasteiger partial charge is 0.481 e. The first-order valence-electron chi connectivity index (χ1n) is 6.42. The third-order valence-corrected chi connectivity index (χ3v) is 1.99. The normalized spacial score (nSPS) is 11.3. The second kappa shape index (κ2) is 10.2. The maximum Gasteiger partial charge on any atom is 0.413 e. The zero-order valence-electron chi connectivity index (χ0n) is 11.7. The molecule has 0 bridgehead atoms. The third kappa shape index (κ3) is 11.1. The average molecular weight is 273 g/mol. The second-order valence-electron chi connectivity index (χ2n) is 4.23. The summed E-state index contributed by atoms with van der Waals surface area (Å²) >= 11 is 0. The van der Waals surface area contributed by atoms with Crippen LogP contribution in [0.2, 0.25) is 0 Å². The topological polar surface area (TPSA) is 100 Å². The van der Waals surface area contributed by atoms with Crippen LogP contribution >= 0.6 is 0 Å². The summed E-state index contributed by atoms with van der Waals surface area (Å²) in [5.74, 6) is -0.460. The molecular weight excluding hydrogens is 250 g/mol. The Kier molecular flexibility index (Phi) is 9.20. The van der Waals surface area contributed by atoms with E-state index in [0.29, 0.717) is 32.0 Å². The third-order valence-electron chi connectivity index (χ3n) is 1.99.